The second-order valence-corrected chi connectivity index (χ2v) is 4.40. The Labute approximate surface area is 111 Å². The Hall–Kier alpha value is 0.740. The summed E-state index contributed by atoms with van der Waals surface area (Å²) in [6.45, 7) is 7.81. The highest BCUT2D eigenvalue weighted by Gasteiger charge is 2.12. The fourth-order valence-electron chi connectivity index (χ4n) is 1.08. The lowest BCUT2D eigenvalue weighted by molar-refractivity contribution is -0.678. The lowest BCUT2D eigenvalue weighted by atomic mass is 10.4. The zero-order chi connectivity index (χ0) is 8.81. The maximum absolute atomic E-state index is 3.30. The average Bonchev–Trinajstić information content (AvgIpc) is 2.49. The zero-order valence-corrected chi connectivity index (χ0v) is 12.6. The van der Waals surface area contributed by atoms with Crippen LogP contribution in [-0.4, -0.2) is 36.6 Å². The summed E-state index contributed by atoms with van der Waals surface area (Å²) >= 11 is 1.89. The van der Waals surface area contributed by atoms with E-state index in [0.29, 0.717) is 0 Å². The molecule has 4 N–H and O–H groups in total. The minimum atomic E-state index is 0. The predicted octanol–water partition coefficient (Wildman–Crippen LogP) is -8.26. The van der Waals surface area contributed by atoms with Gasteiger partial charge in [0.15, 0.2) is 0 Å². The van der Waals surface area contributed by atoms with E-state index < -0.39 is 0 Å². The Balaban J connectivity index is 0. The second kappa shape index (κ2) is 10.3. The van der Waals surface area contributed by atoms with Gasteiger partial charge in [0.05, 0.1) is 18.3 Å². The summed E-state index contributed by atoms with van der Waals surface area (Å²) in [5.74, 6) is 1.19. The summed E-state index contributed by atoms with van der Waals surface area (Å²) in [6.07, 6.45) is 0. The summed E-state index contributed by atoms with van der Waals surface area (Å²) < 4.78 is 0. The molecule has 0 aliphatic carbocycles. The van der Waals surface area contributed by atoms with E-state index in [1.165, 1.54) is 17.5 Å². The van der Waals surface area contributed by atoms with Gasteiger partial charge in [0.25, 0.3) is 0 Å². The first kappa shape index (κ1) is 17.1. The second-order valence-electron chi connectivity index (χ2n) is 3.30. The van der Waals surface area contributed by atoms with Crippen molar-refractivity contribution in [1.82, 2.24) is 5.32 Å². The Morgan fingerprint density at radius 1 is 1.50 bits per heavy atom. The first-order valence-electron chi connectivity index (χ1n) is 4.60. The lowest BCUT2D eigenvalue weighted by Gasteiger charge is -2.02. The molecule has 1 aliphatic rings. The number of halogens is 2. The third-order valence-electron chi connectivity index (χ3n) is 1.70. The quantitative estimate of drug-likeness (QED) is 0.442. The SMILES string of the molecule is CC(C)[NH2+]CCSC1=[NH+]CCN1.[Br-].[Br-]. The maximum Gasteiger partial charge on any atom is 0.304 e. The van der Waals surface area contributed by atoms with Gasteiger partial charge in [0.1, 0.15) is 13.1 Å². The van der Waals surface area contributed by atoms with Crippen LogP contribution < -0.4 is 49.6 Å². The minimum absolute atomic E-state index is 0. The summed E-state index contributed by atoms with van der Waals surface area (Å²) in [7, 11) is 0. The molecule has 1 heterocycles. The molecule has 0 aromatic carbocycles. The van der Waals surface area contributed by atoms with E-state index in [1.807, 2.05) is 11.8 Å². The summed E-state index contributed by atoms with van der Waals surface area (Å²) in [5.41, 5.74) is 0. The molecule has 0 spiro atoms. The number of nitrogens with one attached hydrogen (secondary N) is 2. The molecular weight excluding hydrogens is 330 g/mol. The molecular formula is C8H19Br2N3S. The molecule has 0 amide bonds. The molecule has 0 radical (unpaired) electrons. The number of nitrogens with two attached hydrogens (primary N) is 1. The van der Waals surface area contributed by atoms with Gasteiger partial charge in [-0.15, -0.1) is 0 Å². The molecule has 6 heteroatoms. The normalized spacial score (nSPS) is 14.1. The Morgan fingerprint density at radius 3 is 2.71 bits per heavy atom. The fourth-order valence-corrected chi connectivity index (χ4v) is 1.95. The summed E-state index contributed by atoms with van der Waals surface area (Å²) in [4.78, 5) is 3.30. The molecule has 0 aromatic heterocycles. The lowest BCUT2D eigenvalue weighted by Crippen LogP contribution is -3.00. The van der Waals surface area contributed by atoms with Gasteiger partial charge in [-0.05, 0) is 25.6 Å². The number of thioether (sulfide) groups is 1. The average molecular weight is 349 g/mol. The van der Waals surface area contributed by atoms with Crippen molar-refractivity contribution in [2.24, 2.45) is 0 Å². The van der Waals surface area contributed by atoms with Gasteiger partial charge < -0.3 is 39.3 Å². The van der Waals surface area contributed by atoms with Crippen molar-refractivity contribution in [3.8, 4) is 0 Å². The number of rotatable bonds is 4. The standard InChI is InChI=1S/C8H17N3S.2BrH/c1-7(2)9-5-6-12-8-10-3-4-11-8;;/h7,9H,3-6H2,1-2H3,(H,10,11);2*1H. The number of hydrogen-bond donors (Lipinski definition) is 3. The van der Waals surface area contributed by atoms with Crippen molar-refractivity contribution in [2.45, 2.75) is 19.9 Å². The Kier molecular flexibility index (Phi) is 12.6. The van der Waals surface area contributed by atoms with E-state index in [0.717, 1.165) is 19.1 Å². The van der Waals surface area contributed by atoms with E-state index in [-0.39, 0.29) is 34.0 Å². The summed E-state index contributed by atoms with van der Waals surface area (Å²) in [6, 6.07) is 0.722. The monoisotopic (exact) mass is 347 g/mol. The minimum Gasteiger partial charge on any atom is -1.00 e. The van der Waals surface area contributed by atoms with Crippen LogP contribution in [0.4, 0.5) is 0 Å². The van der Waals surface area contributed by atoms with Gasteiger partial charge in [-0.25, -0.2) is 0 Å². The van der Waals surface area contributed by atoms with E-state index in [1.54, 1.807) is 0 Å². The molecule has 0 aromatic rings. The van der Waals surface area contributed by atoms with Crippen molar-refractivity contribution < 1.29 is 44.3 Å². The van der Waals surface area contributed by atoms with Crippen LogP contribution in [0, 0.1) is 0 Å². The van der Waals surface area contributed by atoms with Crippen LogP contribution in [-0.2, 0) is 0 Å². The highest BCUT2D eigenvalue weighted by Crippen LogP contribution is 1.94. The molecule has 3 nitrogen and oxygen atoms in total. The van der Waals surface area contributed by atoms with Crippen molar-refractivity contribution in [3.05, 3.63) is 0 Å². The topological polar surface area (TPSA) is 42.6 Å². The van der Waals surface area contributed by atoms with Crippen LogP contribution in [0.5, 0.6) is 0 Å². The van der Waals surface area contributed by atoms with Gasteiger partial charge in [-0.3, -0.25) is 10.3 Å². The largest absolute Gasteiger partial charge is 1.00 e. The Morgan fingerprint density at radius 2 is 2.21 bits per heavy atom. The van der Waals surface area contributed by atoms with Gasteiger partial charge in [0.2, 0.25) is 0 Å². The molecule has 0 bridgehead atoms. The van der Waals surface area contributed by atoms with E-state index in [4.69, 9.17) is 0 Å². The molecule has 14 heavy (non-hydrogen) atoms. The van der Waals surface area contributed by atoms with Crippen LogP contribution in [0.2, 0.25) is 0 Å². The molecule has 1 aliphatic heterocycles. The molecule has 0 saturated heterocycles. The van der Waals surface area contributed by atoms with Crippen molar-refractivity contribution >= 4 is 16.9 Å². The van der Waals surface area contributed by atoms with Crippen LogP contribution in [0.25, 0.3) is 0 Å². The van der Waals surface area contributed by atoms with Crippen molar-refractivity contribution in [2.75, 3.05) is 25.4 Å². The van der Waals surface area contributed by atoms with E-state index in [9.17, 15) is 0 Å². The number of hydrogen-bond acceptors (Lipinski definition) is 2. The highest BCUT2D eigenvalue weighted by molar-refractivity contribution is 8.13. The van der Waals surface area contributed by atoms with Crippen LogP contribution in [0.1, 0.15) is 13.8 Å². The first-order valence-corrected chi connectivity index (χ1v) is 5.58. The number of amidine groups is 1. The predicted molar refractivity (Wildman–Crippen MR) is 53.2 cm³/mol. The summed E-state index contributed by atoms with van der Waals surface area (Å²) in [5, 5.41) is 6.92. The van der Waals surface area contributed by atoms with Crippen molar-refractivity contribution in [1.29, 1.82) is 0 Å². The highest BCUT2D eigenvalue weighted by atomic mass is 79.9. The molecule has 0 saturated carbocycles. The zero-order valence-electron chi connectivity index (χ0n) is 8.65. The smallest absolute Gasteiger partial charge is 0.304 e. The van der Waals surface area contributed by atoms with Gasteiger partial charge >= 0.3 is 5.17 Å². The molecule has 0 atom stereocenters. The fraction of sp³-hybridized carbons (Fsp3) is 0.875. The van der Waals surface area contributed by atoms with E-state index >= 15 is 0 Å². The molecule has 0 unspecified atom stereocenters. The van der Waals surface area contributed by atoms with Crippen LogP contribution in [0.3, 0.4) is 0 Å². The molecule has 0 fully saturated rings. The van der Waals surface area contributed by atoms with Crippen LogP contribution >= 0.6 is 11.8 Å². The molecule has 86 valence electrons. The van der Waals surface area contributed by atoms with Gasteiger partial charge in [-0.2, -0.15) is 0 Å². The Bertz CT molecular complexity index is 165. The third-order valence-corrected chi connectivity index (χ3v) is 2.72. The van der Waals surface area contributed by atoms with Crippen molar-refractivity contribution in [3.63, 3.8) is 0 Å². The maximum atomic E-state index is 3.30. The van der Waals surface area contributed by atoms with Gasteiger partial charge in [-0.1, -0.05) is 0 Å². The molecule has 1 rings (SSSR count). The van der Waals surface area contributed by atoms with E-state index in [2.05, 4.69) is 29.5 Å². The first-order chi connectivity index (χ1) is 5.79. The van der Waals surface area contributed by atoms with Gasteiger partial charge in [0, 0.05) is 0 Å². The number of quaternary nitrogens is 1. The third kappa shape index (κ3) is 8.08. The van der Waals surface area contributed by atoms with Crippen LogP contribution in [0.15, 0.2) is 0 Å².